The van der Waals surface area contributed by atoms with Crippen LogP contribution in [0.15, 0.2) is 55.0 Å². The van der Waals surface area contributed by atoms with Crippen molar-refractivity contribution >= 4 is 5.52 Å². The fourth-order valence-electron chi connectivity index (χ4n) is 4.85. The van der Waals surface area contributed by atoms with E-state index in [0.717, 1.165) is 25.0 Å². The summed E-state index contributed by atoms with van der Waals surface area (Å²) >= 11 is 0. The van der Waals surface area contributed by atoms with E-state index in [1.54, 1.807) is 28.9 Å². The maximum Gasteiger partial charge on any atom is 0.408 e. The van der Waals surface area contributed by atoms with Crippen LogP contribution in [0.5, 0.6) is 11.6 Å². The molecule has 224 valence electrons. The van der Waals surface area contributed by atoms with Gasteiger partial charge in [-0.15, -0.1) is 5.10 Å². The standard InChI is InChI=1S/C28H25F5N8O2/c1-17-22(15-40(38-17)16-28(31,32)33)26-20(27(29)30)4-5-23(35-26)21-12-34-41-14-19(3-6-24(21)41)43-25-7-2-18(36-37-25)13-39-8-10-42-11-9-39/h2-7,12,14-15,27H,8-11,13,16H2,1H3. The Balaban J connectivity index is 1.24. The lowest BCUT2D eigenvalue weighted by molar-refractivity contribution is -0.142. The molecule has 5 aromatic heterocycles. The van der Waals surface area contributed by atoms with Gasteiger partial charge in [0.2, 0.25) is 5.88 Å². The summed E-state index contributed by atoms with van der Waals surface area (Å²) in [5.74, 6) is 0.736. The molecule has 1 saturated heterocycles. The number of aryl methyl sites for hydroxylation is 1. The van der Waals surface area contributed by atoms with E-state index in [9.17, 15) is 22.0 Å². The number of fused-ring (bicyclic) bond motifs is 1. The minimum atomic E-state index is -4.52. The second-order valence-corrected chi connectivity index (χ2v) is 9.98. The van der Waals surface area contributed by atoms with Crippen molar-refractivity contribution in [3.8, 4) is 34.1 Å². The fraction of sp³-hybridized carbons (Fsp3) is 0.321. The molecule has 0 radical (unpaired) electrons. The number of aromatic nitrogens is 7. The lowest BCUT2D eigenvalue weighted by Crippen LogP contribution is -2.35. The molecule has 0 aromatic carbocycles. The molecule has 0 N–H and O–H groups in total. The molecule has 0 bridgehead atoms. The topological polar surface area (TPSA) is 95.5 Å². The molecule has 0 spiro atoms. The van der Waals surface area contributed by atoms with Gasteiger partial charge >= 0.3 is 6.18 Å². The van der Waals surface area contributed by atoms with Crippen LogP contribution in [0.25, 0.3) is 28.0 Å². The molecule has 6 heterocycles. The molecule has 1 fully saturated rings. The smallest absolute Gasteiger partial charge is 0.408 e. The van der Waals surface area contributed by atoms with Gasteiger partial charge in [-0.1, -0.05) is 0 Å². The Kier molecular flexibility index (Phi) is 7.75. The second-order valence-electron chi connectivity index (χ2n) is 9.98. The van der Waals surface area contributed by atoms with E-state index < -0.39 is 24.7 Å². The molecule has 0 amide bonds. The maximum atomic E-state index is 13.9. The number of morpholine rings is 1. The monoisotopic (exact) mass is 600 g/mol. The third-order valence-electron chi connectivity index (χ3n) is 6.88. The molecular weight excluding hydrogens is 575 g/mol. The van der Waals surface area contributed by atoms with Crippen molar-refractivity contribution in [2.24, 2.45) is 0 Å². The quantitative estimate of drug-likeness (QED) is 0.216. The first-order valence-corrected chi connectivity index (χ1v) is 13.3. The summed E-state index contributed by atoms with van der Waals surface area (Å²) in [4.78, 5) is 6.67. The van der Waals surface area contributed by atoms with Crippen LogP contribution < -0.4 is 4.74 Å². The highest BCUT2D eigenvalue weighted by Crippen LogP contribution is 2.35. The van der Waals surface area contributed by atoms with Crippen molar-refractivity contribution < 1.29 is 31.4 Å². The third-order valence-corrected chi connectivity index (χ3v) is 6.88. The third kappa shape index (κ3) is 6.46. The summed E-state index contributed by atoms with van der Waals surface area (Å²) in [6.07, 6.45) is -3.19. The van der Waals surface area contributed by atoms with Gasteiger partial charge in [0.25, 0.3) is 6.43 Å². The van der Waals surface area contributed by atoms with Crippen LogP contribution in [0, 0.1) is 6.92 Å². The van der Waals surface area contributed by atoms with E-state index in [2.05, 4.69) is 30.3 Å². The molecule has 43 heavy (non-hydrogen) atoms. The summed E-state index contributed by atoms with van der Waals surface area (Å²) in [6.45, 7) is 3.84. The van der Waals surface area contributed by atoms with Gasteiger partial charge in [-0.05, 0) is 37.3 Å². The summed E-state index contributed by atoms with van der Waals surface area (Å²) in [7, 11) is 0. The Morgan fingerprint density at radius 1 is 0.977 bits per heavy atom. The van der Waals surface area contributed by atoms with Gasteiger partial charge in [-0.3, -0.25) is 9.58 Å². The zero-order chi connectivity index (χ0) is 30.1. The Morgan fingerprint density at radius 3 is 2.51 bits per heavy atom. The Labute approximate surface area is 241 Å². The fourth-order valence-corrected chi connectivity index (χ4v) is 4.85. The molecule has 0 unspecified atom stereocenters. The van der Waals surface area contributed by atoms with Gasteiger partial charge in [-0.2, -0.15) is 28.5 Å². The van der Waals surface area contributed by atoms with Crippen molar-refractivity contribution in [3.63, 3.8) is 0 Å². The van der Waals surface area contributed by atoms with Crippen molar-refractivity contribution in [2.45, 2.75) is 32.6 Å². The average molecular weight is 601 g/mol. The molecule has 1 aliphatic heterocycles. The first kappa shape index (κ1) is 28.6. The summed E-state index contributed by atoms with van der Waals surface area (Å²) in [5.41, 5.74) is 1.94. The van der Waals surface area contributed by atoms with E-state index in [1.807, 2.05) is 6.07 Å². The summed E-state index contributed by atoms with van der Waals surface area (Å²) in [6, 6.07) is 9.65. The number of halogens is 5. The van der Waals surface area contributed by atoms with Crippen LogP contribution in [0.3, 0.4) is 0 Å². The van der Waals surface area contributed by atoms with E-state index >= 15 is 0 Å². The SMILES string of the molecule is Cc1nn(CC(F)(F)F)cc1-c1nc(-c2cnn3cc(Oc4ccc(CN5CCOCC5)nn4)ccc23)ccc1C(F)F. The van der Waals surface area contributed by atoms with E-state index in [-0.39, 0.29) is 17.0 Å². The normalized spacial score (nSPS) is 14.6. The Morgan fingerprint density at radius 2 is 1.79 bits per heavy atom. The number of alkyl halides is 5. The van der Waals surface area contributed by atoms with Crippen LogP contribution in [0.4, 0.5) is 22.0 Å². The number of ether oxygens (including phenoxy) is 2. The van der Waals surface area contributed by atoms with Crippen LogP contribution in [0.2, 0.25) is 0 Å². The predicted molar refractivity (Wildman–Crippen MR) is 144 cm³/mol. The largest absolute Gasteiger partial charge is 0.436 e. The highest BCUT2D eigenvalue weighted by Gasteiger charge is 2.29. The summed E-state index contributed by atoms with van der Waals surface area (Å²) in [5, 5.41) is 16.6. The van der Waals surface area contributed by atoms with Crippen LogP contribution in [0.1, 0.15) is 23.4 Å². The molecule has 0 atom stereocenters. The van der Waals surface area contributed by atoms with Crippen LogP contribution in [-0.4, -0.2) is 72.0 Å². The Hall–Kier alpha value is -4.50. The van der Waals surface area contributed by atoms with Gasteiger partial charge in [0.1, 0.15) is 12.3 Å². The molecule has 5 aromatic rings. The van der Waals surface area contributed by atoms with Crippen molar-refractivity contribution in [1.29, 1.82) is 0 Å². The highest BCUT2D eigenvalue weighted by molar-refractivity contribution is 5.80. The minimum Gasteiger partial charge on any atom is -0.436 e. The lowest BCUT2D eigenvalue weighted by Gasteiger charge is -2.25. The second kappa shape index (κ2) is 11.6. The molecule has 0 saturated carbocycles. The molecule has 0 aliphatic carbocycles. The van der Waals surface area contributed by atoms with Gasteiger partial charge in [-0.25, -0.2) is 18.3 Å². The molecule has 10 nitrogen and oxygen atoms in total. The predicted octanol–water partition coefficient (Wildman–Crippen LogP) is 5.48. The maximum absolute atomic E-state index is 13.9. The van der Waals surface area contributed by atoms with Gasteiger partial charge < -0.3 is 9.47 Å². The highest BCUT2D eigenvalue weighted by atomic mass is 19.4. The van der Waals surface area contributed by atoms with Crippen molar-refractivity contribution in [2.75, 3.05) is 26.3 Å². The average Bonchev–Trinajstić information content (AvgIpc) is 3.55. The van der Waals surface area contributed by atoms with Gasteiger partial charge in [0.15, 0.2) is 0 Å². The zero-order valence-corrected chi connectivity index (χ0v) is 22.8. The van der Waals surface area contributed by atoms with Crippen LogP contribution >= 0.6 is 0 Å². The number of rotatable bonds is 8. The Bertz CT molecular complexity index is 1730. The number of nitrogens with zero attached hydrogens (tertiary/aromatic N) is 8. The summed E-state index contributed by atoms with van der Waals surface area (Å²) < 4.78 is 80.0. The molecule has 15 heteroatoms. The number of pyridine rings is 2. The van der Waals surface area contributed by atoms with Gasteiger partial charge in [0.05, 0.1) is 53.9 Å². The van der Waals surface area contributed by atoms with Crippen LogP contribution in [-0.2, 0) is 17.8 Å². The minimum absolute atomic E-state index is 0.0885. The number of hydrogen-bond donors (Lipinski definition) is 0. The van der Waals surface area contributed by atoms with Crippen molar-refractivity contribution in [3.05, 3.63) is 71.9 Å². The first-order valence-electron chi connectivity index (χ1n) is 13.3. The van der Waals surface area contributed by atoms with Gasteiger partial charge in [0, 0.05) is 48.6 Å². The van der Waals surface area contributed by atoms with E-state index in [1.165, 1.54) is 25.3 Å². The van der Waals surface area contributed by atoms with E-state index in [4.69, 9.17) is 9.47 Å². The zero-order valence-electron chi connectivity index (χ0n) is 22.8. The molecule has 6 rings (SSSR count). The number of hydrogen-bond acceptors (Lipinski definition) is 8. The van der Waals surface area contributed by atoms with Crippen molar-refractivity contribution in [1.82, 2.24) is 39.5 Å². The van der Waals surface area contributed by atoms with E-state index in [0.29, 0.717) is 52.8 Å². The molecule has 1 aliphatic rings. The lowest BCUT2D eigenvalue weighted by atomic mass is 10.0. The first-order chi connectivity index (χ1) is 20.6. The molecular formula is C28H25F5N8O2.